The summed E-state index contributed by atoms with van der Waals surface area (Å²) in [5.41, 5.74) is 0.108. The van der Waals surface area contributed by atoms with Gasteiger partial charge in [-0.15, -0.1) is 0 Å². The van der Waals surface area contributed by atoms with Gasteiger partial charge in [0.15, 0.2) is 10.8 Å². The number of esters is 1. The van der Waals surface area contributed by atoms with Crippen LogP contribution in [-0.4, -0.2) is 10.9 Å². The Morgan fingerprint density at radius 2 is 2.18 bits per heavy atom. The zero-order valence-corrected chi connectivity index (χ0v) is 8.89. The largest absolute Gasteiger partial charge is 0.420 e. The molecule has 84 valence electrons. The molecule has 0 aromatic heterocycles. The molecule has 1 aliphatic heterocycles. The summed E-state index contributed by atoms with van der Waals surface area (Å²) in [6.07, 6.45) is 0. The van der Waals surface area contributed by atoms with Gasteiger partial charge in [-0.2, -0.15) is 5.26 Å². The summed E-state index contributed by atoms with van der Waals surface area (Å²) >= 11 is 5.57. The summed E-state index contributed by atoms with van der Waals surface area (Å²) in [5.74, 6) is -0.823. The number of rotatable bonds is 1. The summed E-state index contributed by atoms with van der Waals surface area (Å²) in [7, 11) is 0. The number of non-ortho nitro benzene ring substituents is 1. The van der Waals surface area contributed by atoms with E-state index in [4.69, 9.17) is 21.6 Å². The Bertz CT molecular complexity index is 615. The number of nitro benzene ring substituents is 1. The van der Waals surface area contributed by atoms with Gasteiger partial charge in [-0.25, -0.2) is 4.79 Å². The molecule has 0 aliphatic carbocycles. The van der Waals surface area contributed by atoms with Crippen molar-refractivity contribution in [3.8, 4) is 6.07 Å². The van der Waals surface area contributed by atoms with E-state index in [0.717, 1.165) is 6.07 Å². The Hall–Kier alpha value is -2.39. The predicted molar refractivity (Wildman–Crippen MR) is 56.9 cm³/mol. The quantitative estimate of drug-likeness (QED) is 0.330. The molecule has 7 heteroatoms. The third-order valence-electron chi connectivity index (χ3n) is 2.17. The van der Waals surface area contributed by atoms with Crippen molar-refractivity contribution in [1.29, 1.82) is 5.26 Å². The number of benzene rings is 1. The normalized spacial score (nSPS) is 15.9. The lowest BCUT2D eigenvalue weighted by Crippen LogP contribution is -1.94. The standard InChI is InChI=1S/C10H3ClN2O4/c11-8(4-12)9-7-3-5(13(15)16)1-2-6(7)10(14)17-9/h1-3H/b9-8+. The van der Waals surface area contributed by atoms with Gasteiger partial charge in [0.25, 0.3) is 5.69 Å². The molecule has 0 unspecified atom stereocenters. The second kappa shape index (κ2) is 3.88. The molecule has 0 spiro atoms. The van der Waals surface area contributed by atoms with Crippen molar-refractivity contribution in [2.75, 3.05) is 0 Å². The second-order valence-electron chi connectivity index (χ2n) is 3.13. The molecular formula is C10H3ClN2O4. The van der Waals surface area contributed by atoms with E-state index in [1.807, 2.05) is 0 Å². The summed E-state index contributed by atoms with van der Waals surface area (Å²) in [6, 6.07) is 5.22. The molecular weight excluding hydrogens is 248 g/mol. The fraction of sp³-hybridized carbons (Fsp3) is 0. The molecule has 0 fully saturated rings. The summed E-state index contributed by atoms with van der Waals surface area (Å²) in [4.78, 5) is 21.4. The van der Waals surface area contributed by atoms with Crippen molar-refractivity contribution in [1.82, 2.24) is 0 Å². The van der Waals surface area contributed by atoms with Gasteiger partial charge in [0.05, 0.1) is 10.5 Å². The van der Waals surface area contributed by atoms with E-state index in [1.54, 1.807) is 6.07 Å². The molecule has 1 aliphatic rings. The Labute approximate surface area is 99.8 Å². The molecule has 0 saturated carbocycles. The van der Waals surface area contributed by atoms with Gasteiger partial charge < -0.3 is 4.74 Å². The maximum absolute atomic E-state index is 11.4. The SMILES string of the molecule is N#C/C(Cl)=C1\OC(=O)c2ccc([N+](=O)[O-])cc21. The molecule has 0 atom stereocenters. The molecule has 0 N–H and O–H groups in total. The van der Waals surface area contributed by atoms with Crippen molar-refractivity contribution in [2.24, 2.45) is 0 Å². The Morgan fingerprint density at radius 3 is 2.76 bits per heavy atom. The topological polar surface area (TPSA) is 93.2 Å². The summed E-state index contributed by atoms with van der Waals surface area (Å²) in [6.45, 7) is 0. The number of cyclic esters (lactones) is 1. The average Bonchev–Trinajstić information content (AvgIpc) is 2.65. The number of nitrogens with zero attached hydrogens (tertiary/aromatic N) is 2. The minimum atomic E-state index is -0.682. The van der Waals surface area contributed by atoms with E-state index in [2.05, 4.69) is 0 Å². The molecule has 17 heavy (non-hydrogen) atoms. The molecule has 6 nitrogen and oxygen atoms in total. The van der Waals surface area contributed by atoms with Crippen LogP contribution < -0.4 is 0 Å². The highest BCUT2D eigenvalue weighted by Gasteiger charge is 2.30. The van der Waals surface area contributed by atoms with Gasteiger partial charge in [-0.05, 0) is 6.07 Å². The lowest BCUT2D eigenvalue weighted by atomic mass is 10.1. The van der Waals surface area contributed by atoms with Crippen molar-refractivity contribution in [2.45, 2.75) is 0 Å². The van der Waals surface area contributed by atoms with Crippen molar-refractivity contribution in [3.05, 3.63) is 44.5 Å². The first-order valence-electron chi connectivity index (χ1n) is 4.35. The number of hydrogen-bond donors (Lipinski definition) is 0. The van der Waals surface area contributed by atoms with Gasteiger partial charge >= 0.3 is 5.97 Å². The summed E-state index contributed by atoms with van der Waals surface area (Å²) < 4.78 is 4.78. The number of ether oxygens (including phenoxy) is 1. The predicted octanol–water partition coefficient (Wildman–Crippen LogP) is 2.20. The van der Waals surface area contributed by atoms with Crippen LogP contribution in [0.5, 0.6) is 0 Å². The molecule has 1 aromatic carbocycles. The maximum atomic E-state index is 11.4. The molecule has 1 aromatic rings. The number of carbonyl (C=O) groups is 1. The third-order valence-corrected chi connectivity index (χ3v) is 2.43. The van der Waals surface area contributed by atoms with Crippen LogP contribution in [0.4, 0.5) is 5.69 Å². The zero-order chi connectivity index (χ0) is 12.6. The summed E-state index contributed by atoms with van der Waals surface area (Å²) in [5, 5.41) is 18.9. The van der Waals surface area contributed by atoms with Crippen LogP contribution in [-0.2, 0) is 4.74 Å². The fourth-order valence-electron chi connectivity index (χ4n) is 1.43. The number of nitriles is 1. The first kappa shape index (κ1) is 11.1. The van der Waals surface area contributed by atoms with Crippen molar-refractivity contribution >= 4 is 29.0 Å². The Morgan fingerprint density at radius 1 is 1.47 bits per heavy atom. The van der Waals surface area contributed by atoms with E-state index < -0.39 is 10.9 Å². The number of fused-ring (bicyclic) bond motifs is 1. The highest BCUT2D eigenvalue weighted by atomic mass is 35.5. The van der Waals surface area contributed by atoms with Crippen LogP contribution in [0.25, 0.3) is 5.76 Å². The van der Waals surface area contributed by atoms with Crippen LogP contribution in [0.3, 0.4) is 0 Å². The maximum Gasteiger partial charge on any atom is 0.344 e. The van der Waals surface area contributed by atoms with Gasteiger partial charge in [-0.1, -0.05) is 11.6 Å². The minimum Gasteiger partial charge on any atom is -0.420 e. The average molecular weight is 251 g/mol. The number of allylic oxidation sites excluding steroid dienone is 1. The number of halogens is 1. The first-order valence-corrected chi connectivity index (χ1v) is 4.73. The Balaban J connectivity index is 2.68. The van der Waals surface area contributed by atoms with Crippen molar-refractivity contribution < 1.29 is 14.5 Å². The van der Waals surface area contributed by atoms with Gasteiger partial charge in [0.1, 0.15) is 6.07 Å². The van der Waals surface area contributed by atoms with Crippen LogP contribution in [0.2, 0.25) is 0 Å². The molecule has 0 radical (unpaired) electrons. The van der Waals surface area contributed by atoms with Crippen LogP contribution in [0.1, 0.15) is 15.9 Å². The lowest BCUT2D eigenvalue weighted by Gasteiger charge is -1.97. The number of carbonyl (C=O) groups excluding carboxylic acids is 1. The second-order valence-corrected chi connectivity index (χ2v) is 3.51. The number of nitro groups is 1. The van der Waals surface area contributed by atoms with Crippen LogP contribution >= 0.6 is 11.6 Å². The van der Waals surface area contributed by atoms with Crippen molar-refractivity contribution in [3.63, 3.8) is 0 Å². The molecule has 0 saturated heterocycles. The molecule has 0 bridgehead atoms. The first-order chi connectivity index (χ1) is 8.04. The van der Waals surface area contributed by atoms with E-state index in [9.17, 15) is 14.9 Å². The van der Waals surface area contributed by atoms with Gasteiger partial charge in [0, 0.05) is 17.7 Å². The van der Waals surface area contributed by atoms with Crippen LogP contribution in [0, 0.1) is 21.4 Å². The zero-order valence-electron chi connectivity index (χ0n) is 8.14. The van der Waals surface area contributed by atoms with Gasteiger partial charge in [0.2, 0.25) is 0 Å². The monoisotopic (exact) mass is 250 g/mol. The minimum absolute atomic E-state index is 0.141. The van der Waals surface area contributed by atoms with Crippen LogP contribution in [0.15, 0.2) is 23.2 Å². The Kier molecular flexibility index (Phi) is 2.54. The van der Waals surface area contributed by atoms with E-state index in [-0.39, 0.29) is 27.6 Å². The smallest absolute Gasteiger partial charge is 0.344 e. The van der Waals surface area contributed by atoms with Gasteiger partial charge in [-0.3, -0.25) is 10.1 Å². The van der Waals surface area contributed by atoms with E-state index in [1.165, 1.54) is 12.1 Å². The highest BCUT2D eigenvalue weighted by molar-refractivity contribution is 6.35. The lowest BCUT2D eigenvalue weighted by molar-refractivity contribution is -0.384. The molecule has 0 amide bonds. The molecule has 1 heterocycles. The molecule has 2 rings (SSSR count). The number of hydrogen-bond acceptors (Lipinski definition) is 5. The van der Waals surface area contributed by atoms with E-state index in [0.29, 0.717) is 0 Å². The fourth-order valence-corrected chi connectivity index (χ4v) is 1.57. The highest BCUT2D eigenvalue weighted by Crippen LogP contribution is 2.35. The van der Waals surface area contributed by atoms with E-state index >= 15 is 0 Å². The third kappa shape index (κ3) is 1.73.